The molecule has 3 aliphatic rings. The molecule has 0 amide bonds. The van der Waals surface area contributed by atoms with E-state index in [0.717, 1.165) is 19.3 Å². The lowest BCUT2D eigenvalue weighted by Gasteiger charge is -2.64. The fourth-order valence-electron chi connectivity index (χ4n) is 4.21. The van der Waals surface area contributed by atoms with Gasteiger partial charge in [-0.15, -0.1) is 0 Å². The van der Waals surface area contributed by atoms with Crippen molar-refractivity contribution in [2.45, 2.75) is 50.1 Å². The van der Waals surface area contributed by atoms with E-state index in [1.807, 2.05) is 0 Å². The normalized spacial score (nSPS) is 29.7. The molecule has 1 heterocycles. The molecule has 1 fully saturated rings. The average molecular weight is 310 g/mol. The summed E-state index contributed by atoms with van der Waals surface area (Å²) in [6.07, 6.45) is 23.8. The molecule has 1 aliphatic heterocycles. The molecule has 0 aromatic rings. The van der Waals surface area contributed by atoms with Crippen molar-refractivity contribution >= 4 is 0 Å². The van der Waals surface area contributed by atoms with Gasteiger partial charge in [-0.2, -0.15) is 0 Å². The zero-order valence-corrected chi connectivity index (χ0v) is 14.2. The molecule has 0 aromatic carbocycles. The first-order valence-electron chi connectivity index (χ1n) is 8.61. The molecule has 0 N–H and O–H groups in total. The topological polar surface area (TPSA) is 52.0 Å². The van der Waals surface area contributed by atoms with Crippen molar-refractivity contribution in [3.8, 4) is 0 Å². The Morgan fingerprint density at radius 2 is 1.83 bits per heavy atom. The molecule has 2 spiro atoms. The van der Waals surface area contributed by atoms with E-state index in [9.17, 15) is 0 Å². The Morgan fingerprint density at radius 3 is 2.39 bits per heavy atom. The Hall–Kier alpha value is -1.77. The summed E-state index contributed by atoms with van der Waals surface area (Å²) in [7, 11) is 2.17. The predicted octanol–water partition coefficient (Wildman–Crippen LogP) is 4.93. The summed E-state index contributed by atoms with van der Waals surface area (Å²) < 4.78 is 0. The van der Waals surface area contributed by atoms with E-state index in [1.165, 1.54) is 12.8 Å². The number of allylic oxidation sites excluding steroid dienone is 6. The van der Waals surface area contributed by atoms with Crippen molar-refractivity contribution < 1.29 is 0 Å². The lowest BCUT2D eigenvalue weighted by Crippen LogP contribution is -2.72. The molecule has 4 nitrogen and oxygen atoms in total. The average Bonchev–Trinajstić information content (AvgIpc) is 2.60. The third-order valence-corrected chi connectivity index (χ3v) is 5.78. The van der Waals surface area contributed by atoms with Gasteiger partial charge in [0.25, 0.3) is 0 Å². The molecule has 0 bridgehead atoms. The van der Waals surface area contributed by atoms with Gasteiger partial charge in [0, 0.05) is 22.4 Å². The van der Waals surface area contributed by atoms with Crippen molar-refractivity contribution in [1.82, 2.24) is 4.90 Å². The van der Waals surface area contributed by atoms with Crippen molar-refractivity contribution in [2.75, 3.05) is 13.6 Å². The molecule has 2 aliphatic carbocycles. The van der Waals surface area contributed by atoms with E-state index >= 15 is 0 Å². The fourth-order valence-corrected chi connectivity index (χ4v) is 4.21. The Morgan fingerprint density at radius 1 is 1.13 bits per heavy atom. The Bertz CT molecular complexity index is 593. The van der Waals surface area contributed by atoms with Crippen molar-refractivity contribution in [1.29, 1.82) is 0 Å². The second-order valence-electron chi connectivity index (χ2n) is 7.15. The highest BCUT2D eigenvalue weighted by Gasteiger charge is 2.56. The van der Waals surface area contributed by atoms with Crippen LogP contribution < -0.4 is 0 Å². The number of unbranched alkanes of at least 4 members (excludes halogenated alkanes) is 1. The third kappa shape index (κ3) is 2.66. The molecule has 1 atom stereocenters. The summed E-state index contributed by atoms with van der Waals surface area (Å²) in [6.45, 7) is 2.77. The van der Waals surface area contributed by atoms with Crippen LogP contribution in [0.2, 0.25) is 0 Å². The van der Waals surface area contributed by atoms with Crippen molar-refractivity contribution in [3.63, 3.8) is 0 Å². The summed E-state index contributed by atoms with van der Waals surface area (Å²) >= 11 is 0. The standard InChI is InChI=1S/C19H26N4/c1-3-4-10-19(16-21-22-20)15-18(23(19)2)13-11-17(12-14-18)8-6-5-7-9-17/h6-9,11-14H,3-5,10,15-16H2,1-2H3. The van der Waals surface area contributed by atoms with Gasteiger partial charge in [0.1, 0.15) is 0 Å². The van der Waals surface area contributed by atoms with Crippen LogP contribution in [0.15, 0.2) is 53.7 Å². The molecular formula is C19H26N4. The number of likely N-dealkylation sites (N-methyl/N-ethyl adjacent to an activating group) is 1. The highest BCUT2D eigenvalue weighted by molar-refractivity contribution is 5.43. The number of likely N-dealkylation sites (tertiary alicyclic amines) is 1. The minimum Gasteiger partial charge on any atom is -0.288 e. The molecule has 0 radical (unpaired) electrons. The molecule has 0 saturated carbocycles. The van der Waals surface area contributed by atoms with Crippen LogP contribution >= 0.6 is 0 Å². The number of hydrogen-bond donors (Lipinski definition) is 0. The van der Waals surface area contributed by atoms with Gasteiger partial charge in [0.15, 0.2) is 0 Å². The maximum absolute atomic E-state index is 8.73. The quantitative estimate of drug-likeness (QED) is 0.307. The molecule has 3 rings (SSSR count). The van der Waals surface area contributed by atoms with E-state index in [2.05, 4.69) is 77.5 Å². The number of azide groups is 1. The van der Waals surface area contributed by atoms with Gasteiger partial charge in [-0.05, 0) is 31.8 Å². The monoisotopic (exact) mass is 310 g/mol. The molecule has 1 saturated heterocycles. The lowest BCUT2D eigenvalue weighted by molar-refractivity contribution is -0.0745. The van der Waals surface area contributed by atoms with Crippen LogP contribution in [0.4, 0.5) is 0 Å². The predicted molar refractivity (Wildman–Crippen MR) is 95.0 cm³/mol. The van der Waals surface area contributed by atoms with Crippen LogP contribution in [0.25, 0.3) is 10.4 Å². The second kappa shape index (κ2) is 6.03. The van der Waals surface area contributed by atoms with Crippen LogP contribution in [0.3, 0.4) is 0 Å². The summed E-state index contributed by atoms with van der Waals surface area (Å²) in [5, 5.41) is 3.90. The van der Waals surface area contributed by atoms with E-state index in [1.54, 1.807) is 0 Å². The van der Waals surface area contributed by atoms with Gasteiger partial charge in [0.2, 0.25) is 0 Å². The number of nitrogens with zero attached hydrogens (tertiary/aromatic N) is 4. The largest absolute Gasteiger partial charge is 0.288 e. The van der Waals surface area contributed by atoms with Crippen molar-refractivity contribution in [2.24, 2.45) is 10.5 Å². The third-order valence-electron chi connectivity index (χ3n) is 5.78. The Labute approximate surface area is 138 Å². The minimum absolute atomic E-state index is 0.0108. The van der Waals surface area contributed by atoms with E-state index < -0.39 is 0 Å². The molecule has 4 heteroatoms. The minimum atomic E-state index is -0.0309. The van der Waals surface area contributed by atoms with Crippen LogP contribution in [-0.2, 0) is 0 Å². The van der Waals surface area contributed by atoms with Crippen molar-refractivity contribution in [3.05, 3.63) is 59.1 Å². The number of hydrogen-bond acceptors (Lipinski definition) is 2. The molecule has 23 heavy (non-hydrogen) atoms. The van der Waals surface area contributed by atoms with Crippen LogP contribution in [0.5, 0.6) is 0 Å². The van der Waals surface area contributed by atoms with E-state index in [0.29, 0.717) is 6.54 Å². The summed E-state index contributed by atoms with van der Waals surface area (Å²) in [5.74, 6) is 0. The molecule has 1 unspecified atom stereocenters. The van der Waals surface area contributed by atoms with E-state index in [-0.39, 0.29) is 16.5 Å². The highest BCUT2D eigenvalue weighted by Crippen LogP contribution is 2.51. The first-order valence-corrected chi connectivity index (χ1v) is 8.61. The summed E-state index contributed by atoms with van der Waals surface area (Å²) in [5.41, 5.74) is 8.70. The van der Waals surface area contributed by atoms with Crippen LogP contribution in [-0.4, -0.2) is 29.6 Å². The smallest absolute Gasteiger partial charge is 0.0596 e. The lowest BCUT2D eigenvalue weighted by atomic mass is 9.63. The molecular weight excluding hydrogens is 284 g/mol. The highest BCUT2D eigenvalue weighted by atomic mass is 15.3. The zero-order chi connectivity index (χ0) is 16.4. The van der Waals surface area contributed by atoms with Crippen LogP contribution in [0, 0.1) is 5.41 Å². The Kier molecular flexibility index (Phi) is 4.22. The first kappa shape index (κ1) is 16.1. The van der Waals surface area contributed by atoms with Gasteiger partial charge in [-0.3, -0.25) is 4.90 Å². The van der Waals surface area contributed by atoms with Gasteiger partial charge in [-0.1, -0.05) is 73.5 Å². The van der Waals surface area contributed by atoms with E-state index in [4.69, 9.17) is 5.53 Å². The molecule has 122 valence electrons. The second-order valence-corrected chi connectivity index (χ2v) is 7.15. The molecule has 0 aromatic heterocycles. The SMILES string of the molecule is CCCCC1(CN=[N+]=[N-])CC2(C=CC3(C=CCC=C3)C=C2)N1C. The zero-order valence-electron chi connectivity index (χ0n) is 14.2. The summed E-state index contributed by atoms with van der Waals surface area (Å²) in [6, 6.07) is 0. The van der Waals surface area contributed by atoms with Gasteiger partial charge < -0.3 is 0 Å². The van der Waals surface area contributed by atoms with Gasteiger partial charge in [-0.25, -0.2) is 0 Å². The fraction of sp³-hybridized carbons (Fsp3) is 0.579. The van der Waals surface area contributed by atoms with Gasteiger partial charge >= 0.3 is 0 Å². The van der Waals surface area contributed by atoms with Crippen LogP contribution in [0.1, 0.15) is 39.0 Å². The maximum atomic E-state index is 8.73. The Balaban J connectivity index is 1.78. The first-order chi connectivity index (χ1) is 11.1. The summed E-state index contributed by atoms with van der Waals surface area (Å²) in [4.78, 5) is 5.41. The maximum Gasteiger partial charge on any atom is 0.0596 e. The van der Waals surface area contributed by atoms with Gasteiger partial charge in [0.05, 0.1) is 5.54 Å². The number of rotatable bonds is 5.